The lowest BCUT2D eigenvalue weighted by Crippen LogP contribution is -2.31. The molecule has 0 radical (unpaired) electrons. The molecule has 0 fully saturated rings. The molecular weight excluding hydrogens is 479 g/mol. The zero-order chi connectivity index (χ0) is 22.6. The Hall–Kier alpha value is -2.51. The van der Waals surface area contributed by atoms with Crippen LogP contribution in [0.4, 0.5) is 11.4 Å². The van der Waals surface area contributed by atoms with Gasteiger partial charge in [0.25, 0.3) is 15.9 Å². The lowest BCUT2D eigenvalue weighted by atomic mass is 10.2. The standard InChI is InChI=1S/C22H17Cl3N2O3S/c1-2-12-27(18-8-6-15(23)7-9-18)31(29,30)19-10-11-21(25)20(14-19)22(28)26-17-5-3-4-16(24)13-17/h2-11,13-14H,1,12H2,(H,26,28). The van der Waals surface area contributed by atoms with Crippen molar-refractivity contribution in [1.82, 2.24) is 0 Å². The van der Waals surface area contributed by atoms with Crippen LogP contribution in [0, 0.1) is 0 Å². The lowest BCUT2D eigenvalue weighted by molar-refractivity contribution is 0.102. The van der Waals surface area contributed by atoms with Gasteiger partial charge in [-0.05, 0) is 60.7 Å². The number of carbonyl (C=O) groups excluding carboxylic acids is 1. The molecule has 0 unspecified atom stereocenters. The Morgan fingerprint density at radius 2 is 1.68 bits per heavy atom. The van der Waals surface area contributed by atoms with Crippen LogP contribution in [0.5, 0.6) is 0 Å². The minimum atomic E-state index is -4.02. The minimum Gasteiger partial charge on any atom is -0.322 e. The molecule has 0 spiro atoms. The van der Waals surface area contributed by atoms with E-state index in [9.17, 15) is 13.2 Å². The zero-order valence-corrected chi connectivity index (χ0v) is 19.1. The number of carbonyl (C=O) groups is 1. The molecule has 3 aromatic rings. The van der Waals surface area contributed by atoms with E-state index in [0.717, 1.165) is 4.31 Å². The van der Waals surface area contributed by atoms with Crippen LogP contribution >= 0.6 is 34.8 Å². The number of anilines is 2. The van der Waals surface area contributed by atoms with Crippen LogP contribution in [-0.2, 0) is 10.0 Å². The highest BCUT2D eigenvalue weighted by Gasteiger charge is 2.26. The zero-order valence-electron chi connectivity index (χ0n) is 16.1. The predicted molar refractivity (Wildman–Crippen MR) is 127 cm³/mol. The average Bonchev–Trinajstić information content (AvgIpc) is 2.73. The van der Waals surface area contributed by atoms with Gasteiger partial charge in [0.05, 0.1) is 27.7 Å². The van der Waals surface area contributed by atoms with E-state index in [1.165, 1.54) is 24.3 Å². The summed E-state index contributed by atoms with van der Waals surface area (Å²) in [4.78, 5) is 12.7. The molecule has 0 saturated heterocycles. The molecule has 1 N–H and O–H groups in total. The van der Waals surface area contributed by atoms with E-state index in [1.54, 1.807) is 48.5 Å². The third kappa shape index (κ3) is 5.40. The van der Waals surface area contributed by atoms with Crippen molar-refractivity contribution < 1.29 is 13.2 Å². The van der Waals surface area contributed by atoms with Crippen LogP contribution in [0.2, 0.25) is 15.1 Å². The Kier molecular flexibility index (Phi) is 7.28. The molecule has 3 aromatic carbocycles. The molecule has 1 amide bonds. The molecule has 0 heterocycles. The van der Waals surface area contributed by atoms with Gasteiger partial charge in [0.1, 0.15) is 0 Å². The van der Waals surface area contributed by atoms with Gasteiger partial charge in [-0.25, -0.2) is 8.42 Å². The maximum atomic E-state index is 13.3. The number of amides is 1. The molecule has 0 aliphatic rings. The Morgan fingerprint density at radius 3 is 2.32 bits per heavy atom. The first-order chi connectivity index (χ1) is 14.7. The molecule has 5 nitrogen and oxygen atoms in total. The highest BCUT2D eigenvalue weighted by atomic mass is 35.5. The van der Waals surface area contributed by atoms with Crippen molar-refractivity contribution in [1.29, 1.82) is 0 Å². The maximum Gasteiger partial charge on any atom is 0.264 e. The topological polar surface area (TPSA) is 66.5 Å². The molecule has 0 aliphatic carbocycles. The Labute approximate surface area is 195 Å². The van der Waals surface area contributed by atoms with E-state index in [-0.39, 0.29) is 22.0 Å². The fraction of sp³-hybridized carbons (Fsp3) is 0.0455. The predicted octanol–water partition coefficient (Wildman–Crippen LogP) is 6.28. The fourth-order valence-corrected chi connectivity index (χ4v) is 4.78. The van der Waals surface area contributed by atoms with Crippen molar-refractivity contribution in [3.05, 3.63) is 100 Å². The van der Waals surface area contributed by atoms with E-state index in [0.29, 0.717) is 21.4 Å². The van der Waals surface area contributed by atoms with Gasteiger partial charge >= 0.3 is 0 Å². The number of halogens is 3. The summed E-state index contributed by atoms with van der Waals surface area (Å²) in [7, 11) is -4.02. The first-order valence-electron chi connectivity index (χ1n) is 8.98. The number of hydrogen-bond donors (Lipinski definition) is 1. The molecule has 0 aromatic heterocycles. The summed E-state index contributed by atoms with van der Waals surface area (Å²) in [6, 6.07) is 16.9. The van der Waals surface area contributed by atoms with E-state index in [2.05, 4.69) is 11.9 Å². The summed E-state index contributed by atoms with van der Waals surface area (Å²) >= 11 is 18.1. The number of sulfonamides is 1. The summed E-state index contributed by atoms with van der Waals surface area (Å²) < 4.78 is 27.9. The van der Waals surface area contributed by atoms with Crippen molar-refractivity contribution >= 4 is 62.1 Å². The van der Waals surface area contributed by atoms with Crippen molar-refractivity contribution in [3.63, 3.8) is 0 Å². The van der Waals surface area contributed by atoms with E-state index < -0.39 is 15.9 Å². The third-order valence-corrected chi connectivity index (χ3v) is 6.87. The normalized spacial score (nSPS) is 11.1. The van der Waals surface area contributed by atoms with E-state index in [1.807, 2.05) is 0 Å². The van der Waals surface area contributed by atoms with Crippen molar-refractivity contribution in [2.75, 3.05) is 16.2 Å². The van der Waals surface area contributed by atoms with Crippen LogP contribution in [0.1, 0.15) is 10.4 Å². The highest BCUT2D eigenvalue weighted by molar-refractivity contribution is 7.92. The van der Waals surface area contributed by atoms with Crippen molar-refractivity contribution in [3.8, 4) is 0 Å². The first-order valence-corrected chi connectivity index (χ1v) is 11.6. The van der Waals surface area contributed by atoms with E-state index in [4.69, 9.17) is 34.8 Å². The van der Waals surface area contributed by atoms with Crippen molar-refractivity contribution in [2.24, 2.45) is 0 Å². The van der Waals surface area contributed by atoms with Gasteiger partial charge < -0.3 is 5.32 Å². The van der Waals surface area contributed by atoms with E-state index >= 15 is 0 Å². The summed E-state index contributed by atoms with van der Waals surface area (Å²) in [6.07, 6.45) is 1.47. The van der Waals surface area contributed by atoms with Gasteiger partial charge in [-0.2, -0.15) is 0 Å². The molecule has 0 saturated carbocycles. The SMILES string of the molecule is C=CCN(c1ccc(Cl)cc1)S(=O)(=O)c1ccc(Cl)c(C(=O)Nc2cccc(Cl)c2)c1. The number of nitrogens with zero attached hydrogens (tertiary/aromatic N) is 1. The van der Waals surface area contributed by atoms with Gasteiger partial charge in [0.15, 0.2) is 0 Å². The number of hydrogen-bond acceptors (Lipinski definition) is 3. The Balaban J connectivity index is 1.98. The number of benzene rings is 3. The third-order valence-electron chi connectivity index (χ3n) is 4.26. The van der Waals surface area contributed by atoms with Crippen LogP contribution in [0.25, 0.3) is 0 Å². The summed E-state index contributed by atoms with van der Waals surface area (Å²) in [5, 5.41) is 3.70. The van der Waals surface area contributed by atoms with Gasteiger partial charge in [0.2, 0.25) is 0 Å². The van der Waals surface area contributed by atoms with Crippen LogP contribution in [0.3, 0.4) is 0 Å². The molecule has 0 bridgehead atoms. The maximum absolute atomic E-state index is 13.3. The second kappa shape index (κ2) is 9.75. The molecule has 31 heavy (non-hydrogen) atoms. The minimum absolute atomic E-state index is 0.0115. The van der Waals surface area contributed by atoms with Gasteiger partial charge in [-0.3, -0.25) is 9.10 Å². The summed E-state index contributed by atoms with van der Waals surface area (Å²) in [6.45, 7) is 3.66. The number of nitrogens with one attached hydrogen (secondary N) is 1. The summed E-state index contributed by atoms with van der Waals surface area (Å²) in [5.41, 5.74) is 0.873. The van der Waals surface area contributed by atoms with Gasteiger partial charge in [-0.15, -0.1) is 6.58 Å². The second-order valence-corrected chi connectivity index (χ2v) is 9.55. The molecule has 3 rings (SSSR count). The van der Waals surface area contributed by atoms with Crippen LogP contribution < -0.4 is 9.62 Å². The average molecular weight is 496 g/mol. The lowest BCUT2D eigenvalue weighted by Gasteiger charge is -2.23. The highest BCUT2D eigenvalue weighted by Crippen LogP contribution is 2.28. The largest absolute Gasteiger partial charge is 0.322 e. The molecule has 160 valence electrons. The Bertz CT molecular complexity index is 1230. The quantitative estimate of drug-likeness (QED) is 0.392. The van der Waals surface area contributed by atoms with Gasteiger partial charge in [-0.1, -0.05) is 46.9 Å². The molecule has 9 heteroatoms. The van der Waals surface area contributed by atoms with Crippen LogP contribution in [-0.4, -0.2) is 20.9 Å². The first kappa shape index (κ1) is 23.2. The Morgan fingerprint density at radius 1 is 0.968 bits per heavy atom. The monoisotopic (exact) mass is 494 g/mol. The number of rotatable bonds is 7. The van der Waals surface area contributed by atoms with Crippen molar-refractivity contribution in [2.45, 2.75) is 4.90 Å². The van der Waals surface area contributed by atoms with Crippen LogP contribution in [0.15, 0.2) is 84.3 Å². The molecular formula is C22H17Cl3N2O3S. The molecule has 0 aliphatic heterocycles. The van der Waals surface area contributed by atoms with Gasteiger partial charge in [0, 0.05) is 15.7 Å². The fourth-order valence-electron chi connectivity index (χ4n) is 2.80. The molecule has 0 atom stereocenters. The smallest absolute Gasteiger partial charge is 0.264 e. The summed E-state index contributed by atoms with van der Waals surface area (Å²) in [5.74, 6) is -0.564. The second-order valence-electron chi connectivity index (χ2n) is 6.41.